The Morgan fingerprint density at radius 3 is 2.00 bits per heavy atom. The van der Waals surface area contributed by atoms with Crippen LogP contribution in [0, 0.1) is 11.3 Å². The van der Waals surface area contributed by atoms with Gasteiger partial charge in [0.1, 0.15) is 0 Å². The average Bonchev–Trinajstić information content (AvgIpc) is 2.28. The van der Waals surface area contributed by atoms with Crippen LogP contribution in [0.1, 0.15) is 26.7 Å². The zero-order valence-electron chi connectivity index (χ0n) is 7.28. The number of nitrogens with two attached hydrogens (primary N) is 1. The molecule has 1 saturated carbocycles. The van der Waals surface area contributed by atoms with E-state index in [0.717, 1.165) is 0 Å². The van der Waals surface area contributed by atoms with Crippen LogP contribution in [0.5, 0.6) is 0 Å². The highest BCUT2D eigenvalue weighted by Crippen LogP contribution is 2.53. The summed E-state index contributed by atoms with van der Waals surface area (Å²) in [4.78, 5) is 0. The highest BCUT2D eigenvalue weighted by molar-refractivity contribution is 5.08. The molecule has 0 amide bonds. The standard InChI is InChI=1S/C8H14F3N/c1-7(2)5(6(7)12)3-4-8(9,10)11/h5-6H,3-4,12H2,1-2H3/t5-,6-/m0/s1. The molecule has 0 spiro atoms. The van der Waals surface area contributed by atoms with E-state index >= 15 is 0 Å². The molecule has 0 radical (unpaired) electrons. The van der Waals surface area contributed by atoms with Crippen LogP contribution >= 0.6 is 0 Å². The van der Waals surface area contributed by atoms with Crippen molar-refractivity contribution in [3.63, 3.8) is 0 Å². The summed E-state index contributed by atoms with van der Waals surface area (Å²) in [7, 11) is 0. The third-order valence-corrected chi connectivity index (χ3v) is 2.88. The van der Waals surface area contributed by atoms with Gasteiger partial charge in [0.05, 0.1) is 0 Å². The fourth-order valence-corrected chi connectivity index (χ4v) is 1.66. The maximum absolute atomic E-state index is 11.8. The van der Waals surface area contributed by atoms with Gasteiger partial charge in [0.15, 0.2) is 0 Å². The second kappa shape index (κ2) is 2.62. The lowest BCUT2D eigenvalue weighted by atomic mass is 10.1. The summed E-state index contributed by atoms with van der Waals surface area (Å²) >= 11 is 0. The molecule has 2 atom stereocenters. The minimum Gasteiger partial charge on any atom is -0.327 e. The van der Waals surface area contributed by atoms with Gasteiger partial charge >= 0.3 is 6.18 Å². The molecule has 0 unspecified atom stereocenters. The molecule has 1 aliphatic carbocycles. The van der Waals surface area contributed by atoms with Gasteiger partial charge in [-0.2, -0.15) is 13.2 Å². The maximum atomic E-state index is 11.8. The molecule has 0 saturated heterocycles. The summed E-state index contributed by atoms with van der Waals surface area (Å²) in [5.74, 6) is 0.0547. The fourth-order valence-electron chi connectivity index (χ4n) is 1.66. The fraction of sp³-hybridized carbons (Fsp3) is 1.00. The molecule has 0 aromatic rings. The second-order valence-electron chi connectivity index (χ2n) is 4.11. The topological polar surface area (TPSA) is 26.0 Å². The molecule has 0 heterocycles. The lowest BCUT2D eigenvalue weighted by molar-refractivity contribution is -0.136. The Morgan fingerprint density at radius 1 is 1.33 bits per heavy atom. The van der Waals surface area contributed by atoms with E-state index in [0.29, 0.717) is 0 Å². The molecule has 0 aromatic carbocycles. The van der Waals surface area contributed by atoms with Crippen molar-refractivity contribution in [3.05, 3.63) is 0 Å². The molecule has 1 aliphatic rings. The van der Waals surface area contributed by atoms with E-state index in [9.17, 15) is 13.2 Å². The molecule has 0 bridgehead atoms. The number of hydrogen-bond donors (Lipinski definition) is 1. The van der Waals surface area contributed by atoms with Crippen LogP contribution in [-0.2, 0) is 0 Å². The minimum absolute atomic E-state index is 0.0418. The Labute approximate surface area is 70.1 Å². The van der Waals surface area contributed by atoms with E-state index in [2.05, 4.69) is 0 Å². The van der Waals surface area contributed by atoms with Crippen molar-refractivity contribution >= 4 is 0 Å². The Balaban J connectivity index is 2.28. The van der Waals surface area contributed by atoms with E-state index in [-0.39, 0.29) is 23.8 Å². The van der Waals surface area contributed by atoms with Gasteiger partial charge in [0.25, 0.3) is 0 Å². The van der Waals surface area contributed by atoms with Crippen LogP contribution in [0.2, 0.25) is 0 Å². The van der Waals surface area contributed by atoms with E-state index in [1.165, 1.54) is 0 Å². The first-order valence-electron chi connectivity index (χ1n) is 4.07. The predicted molar refractivity (Wildman–Crippen MR) is 40.5 cm³/mol. The Kier molecular flexibility index (Phi) is 2.15. The van der Waals surface area contributed by atoms with Gasteiger partial charge in [-0.1, -0.05) is 13.8 Å². The van der Waals surface area contributed by atoms with E-state index in [1.54, 1.807) is 0 Å². The zero-order valence-corrected chi connectivity index (χ0v) is 7.28. The first-order valence-corrected chi connectivity index (χ1v) is 4.07. The summed E-state index contributed by atoms with van der Waals surface area (Å²) in [6.45, 7) is 3.83. The SMILES string of the molecule is CC1(C)[C@@H](N)[C@@H]1CCC(F)(F)F. The Bertz CT molecular complexity index is 174. The predicted octanol–water partition coefficient (Wildman–Crippen LogP) is 2.31. The first-order chi connectivity index (χ1) is 5.25. The van der Waals surface area contributed by atoms with Gasteiger partial charge in [-0.3, -0.25) is 0 Å². The molecule has 4 heteroatoms. The van der Waals surface area contributed by atoms with Crippen molar-refractivity contribution in [1.29, 1.82) is 0 Å². The van der Waals surface area contributed by atoms with Crippen molar-refractivity contribution < 1.29 is 13.2 Å². The maximum Gasteiger partial charge on any atom is 0.389 e. The second-order valence-corrected chi connectivity index (χ2v) is 4.11. The monoisotopic (exact) mass is 181 g/mol. The van der Waals surface area contributed by atoms with Crippen LogP contribution in [0.4, 0.5) is 13.2 Å². The van der Waals surface area contributed by atoms with Crippen LogP contribution in [-0.4, -0.2) is 12.2 Å². The molecule has 12 heavy (non-hydrogen) atoms. The molecular formula is C8H14F3N. The van der Waals surface area contributed by atoms with Gasteiger partial charge in [-0.05, 0) is 17.8 Å². The van der Waals surface area contributed by atoms with Crippen LogP contribution < -0.4 is 5.73 Å². The summed E-state index contributed by atoms with van der Waals surface area (Å²) < 4.78 is 35.3. The van der Waals surface area contributed by atoms with E-state index in [1.807, 2.05) is 13.8 Å². The van der Waals surface area contributed by atoms with Crippen molar-refractivity contribution in [3.8, 4) is 0 Å². The molecule has 72 valence electrons. The molecular weight excluding hydrogens is 167 g/mol. The largest absolute Gasteiger partial charge is 0.389 e. The van der Waals surface area contributed by atoms with E-state index in [4.69, 9.17) is 5.73 Å². The third-order valence-electron chi connectivity index (χ3n) is 2.88. The number of hydrogen-bond acceptors (Lipinski definition) is 1. The highest BCUT2D eigenvalue weighted by atomic mass is 19.4. The highest BCUT2D eigenvalue weighted by Gasteiger charge is 2.55. The van der Waals surface area contributed by atoms with Crippen molar-refractivity contribution in [2.24, 2.45) is 17.1 Å². The molecule has 1 rings (SSSR count). The van der Waals surface area contributed by atoms with Gasteiger partial charge in [0.2, 0.25) is 0 Å². The summed E-state index contributed by atoms with van der Waals surface area (Å²) in [5.41, 5.74) is 5.53. The van der Waals surface area contributed by atoms with Gasteiger partial charge < -0.3 is 5.73 Å². The molecule has 1 nitrogen and oxygen atoms in total. The van der Waals surface area contributed by atoms with Crippen LogP contribution in [0.3, 0.4) is 0 Å². The Morgan fingerprint density at radius 2 is 1.75 bits per heavy atom. The molecule has 0 aromatic heterocycles. The number of halogens is 3. The van der Waals surface area contributed by atoms with Crippen LogP contribution in [0.25, 0.3) is 0 Å². The number of rotatable bonds is 2. The minimum atomic E-state index is -4.03. The smallest absolute Gasteiger partial charge is 0.327 e. The normalized spacial score (nSPS) is 33.5. The van der Waals surface area contributed by atoms with Gasteiger partial charge in [-0.25, -0.2) is 0 Å². The third kappa shape index (κ3) is 1.91. The summed E-state index contributed by atoms with van der Waals surface area (Å²) in [6.07, 6.45) is -4.55. The number of alkyl halides is 3. The molecule has 1 fully saturated rings. The lowest BCUT2D eigenvalue weighted by Crippen LogP contribution is -2.09. The quantitative estimate of drug-likeness (QED) is 0.695. The van der Waals surface area contributed by atoms with Gasteiger partial charge in [-0.15, -0.1) is 0 Å². The van der Waals surface area contributed by atoms with Gasteiger partial charge in [0, 0.05) is 12.5 Å². The molecule has 2 N–H and O–H groups in total. The Hall–Kier alpha value is -0.250. The summed E-state index contributed by atoms with van der Waals surface area (Å²) in [6, 6.07) is -0.0418. The zero-order chi connectivity index (χ0) is 9.57. The van der Waals surface area contributed by atoms with Crippen molar-refractivity contribution in [2.75, 3.05) is 0 Å². The first kappa shape index (κ1) is 9.84. The van der Waals surface area contributed by atoms with Crippen LogP contribution in [0.15, 0.2) is 0 Å². The van der Waals surface area contributed by atoms with Crippen molar-refractivity contribution in [2.45, 2.75) is 38.9 Å². The lowest BCUT2D eigenvalue weighted by Gasteiger charge is -2.05. The van der Waals surface area contributed by atoms with Crippen molar-refractivity contribution in [1.82, 2.24) is 0 Å². The van der Waals surface area contributed by atoms with E-state index < -0.39 is 12.6 Å². The molecule has 0 aliphatic heterocycles. The summed E-state index contributed by atoms with van der Waals surface area (Å²) in [5, 5.41) is 0. The average molecular weight is 181 g/mol.